The summed E-state index contributed by atoms with van der Waals surface area (Å²) in [5, 5.41) is 0. The number of hydrogen-bond acceptors (Lipinski definition) is 5. The molecule has 6 heteroatoms. The molecule has 0 saturated carbocycles. The van der Waals surface area contributed by atoms with E-state index in [9.17, 15) is 9.59 Å². The van der Waals surface area contributed by atoms with Crippen molar-refractivity contribution in [3.63, 3.8) is 0 Å². The van der Waals surface area contributed by atoms with Crippen LogP contribution in [0.1, 0.15) is 77.3 Å². The van der Waals surface area contributed by atoms with E-state index in [-0.39, 0.29) is 22.4 Å². The van der Waals surface area contributed by atoms with Crippen LogP contribution in [0.3, 0.4) is 0 Å². The van der Waals surface area contributed by atoms with Gasteiger partial charge in [0.1, 0.15) is 6.61 Å². The molecule has 0 saturated heterocycles. The lowest BCUT2D eigenvalue weighted by atomic mass is 9.63. The molecule has 2 aromatic carbocycles. The summed E-state index contributed by atoms with van der Waals surface area (Å²) in [4.78, 5) is 30.0. The maximum Gasteiger partial charge on any atom is 0.175 e. The van der Waals surface area contributed by atoms with E-state index in [0.717, 1.165) is 57.5 Å². The molecule has 0 radical (unpaired) electrons. The Hall–Kier alpha value is -2.86. The summed E-state index contributed by atoms with van der Waals surface area (Å²) in [6.45, 7) is 11.9. The van der Waals surface area contributed by atoms with Crippen molar-refractivity contribution < 1.29 is 19.1 Å². The molecule has 5 nitrogen and oxygen atoms in total. The number of ether oxygens (including phenoxy) is 2. The van der Waals surface area contributed by atoms with Gasteiger partial charge in [-0.2, -0.15) is 0 Å². The standard InChI is InChI=1S/C33H38BrNO4/c1-7-35-23-15-32(2,3)17-25(36)29(23)28(30-24(35)16-33(4,5)18-26(30)37)21-13-22(34)31(27(14-21)38-6)39-19-20-11-9-8-10-12-20/h8-14,28H,7,15-19H2,1-6H3. The molecule has 5 rings (SSSR count). The van der Waals surface area contributed by atoms with E-state index in [0.29, 0.717) is 30.9 Å². The molecule has 2 aliphatic carbocycles. The molecule has 0 atom stereocenters. The minimum absolute atomic E-state index is 0.131. The summed E-state index contributed by atoms with van der Waals surface area (Å²) in [6, 6.07) is 13.9. The molecule has 39 heavy (non-hydrogen) atoms. The predicted molar refractivity (Wildman–Crippen MR) is 157 cm³/mol. The zero-order valence-corrected chi connectivity index (χ0v) is 25.4. The van der Waals surface area contributed by atoms with Crippen molar-refractivity contribution in [3.8, 4) is 11.5 Å². The van der Waals surface area contributed by atoms with Crippen LogP contribution in [0.25, 0.3) is 0 Å². The quantitative estimate of drug-likeness (QED) is 0.344. The van der Waals surface area contributed by atoms with E-state index in [2.05, 4.69) is 55.4 Å². The van der Waals surface area contributed by atoms with E-state index >= 15 is 0 Å². The maximum absolute atomic E-state index is 13.9. The van der Waals surface area contributed by atoms with Crippen LogP contribution >= 0.6 is 15.9 Å². The number of allylic oxidation sites excluding steroid dienone is 4. The van der Waals surface area contributed by atoms with Crippen LogP contribution < -0.4 is 9.47 Å². The third-order valence-electron chi connectivity index (χ3n) is 8.15. The number of ketones is 2. The number of hydrogen-bond donors (Lipinski definition) is 0. The van der Waals surface area contributed by atoms with Crippen LogP contribution in [-0.4, -0.2) is 30.1 Å². The number of halogens is 1. The minimum atomic E-state index is -0.418. The van der Waals surface area contributed by atoms with Gasteiger partial charge in [0.15, 0.2) is 23.1 Å². The monoisotopic (exact) mass is 591 g/mol. The Labute approximate surface area is 240 Å². The SMILES string of the molecule is CCN1C2=C(C(=O)CC(C)(C)C2)C(c2cc(Br)c(OCc3ccccc3)c(OC)c2)C2=C1CC(C)(C)CC2=O. The molecular weight excluding hydrogens is 554 g/mol. The molecule has 0 amide bonds. The van der Waals surface area contributed by atoms with Crippen molar-refractivity contribution in [3.05, 3.63) is 80.6 Å². The van der Waals surface area contributed by atoms with Crippen molar-refractivity contribution in [1.29, 1.82) is 0 Å². The zero-order valence-electron chi connectivity index (χ0n) is 23.8. The van der Waals surface area contributed by atoms with E-state index < -0.39 is 5.92 Å². The average molecular weight is 593 g/mol. The molecule has 206 valence electrons. The maximum atomic E-state index is 13.9. The van der Waals surface area contributed by atoms with Crippen molar-refractivity contribution >= 4 is 27.5 Å². The van der Waals surface area contributed by atoms with Crippen molar-refractivity contribution in [2.75, 3.05) is 13.7 Å². The molecule has 1 aliphatic heterocycles. The molecule has 0 N–H and O–H groups in total. The fourth-order valence-corrected chi connectivity index (χ4v) is 7.11. The Kier molecular flexibility index (Phi) is 7.30. The number of rotatable bonds is 6. The fourth-order valence-electron chi connectivity index (χ4n) is 6.54. The largest absolute Gasteiger partial charge is 0.493 e. The van der Waals surface area contributed by atoms with Crippen LogP contribution in [0.4, 0.5) is 0 Å². The van der Waals surface area contributed by atoms with Gasteiger partial charge in [0.2, 0.25) is 0 Å². The van der Waals surface area contributed by atoms with Gasteiger partial charge in [-0.05, 0) is 69.8 Å². The molecule has 0 unspecified atom stereocenters. The summed E-state index contributed by atoms with van der Waals surface area (Å²) in [6.07, 6.45) is 2.55. The Balaban J connectivity index is 1.66. The summed E-state index contributed by atoms with van der Waals surface area (Å²) >= 11 is 3.73. The number of carbonyl (C=O) groups excluding carboxylic acids is 2. The van der Waals surface area contributed by atoms with Crippen LogP contribution in [-0.2, 0) is 16.2 Å². The summed E-state index contributed by atoms with van der Waals surface area (Å²) in [5.41, 5.74) is 5.37. The van der Waals surface area contributed by atoms with Crippen LogP contribution in [0.2, 0.25) is 0 Å². The smallest absolute Gasteiger partial charge is 0.175 e. The molecule has 0 aromatic heterocycles. The molecule has 2 aromatic rings. The number of benzene rings is 2. The first kappa shape index (κ1) is 27.7. The topological polar surface area (TPSA) is 55.8 Å². The predicted octanol–water partition coefficient (Wildman–Crippen LogP) is 7.74. The second-order valence-electron chi connectivity index (χ2n) is 12.6. The Morgan fingerprint density at radius 1 is 0.897 bits per heavy atom. The van der Waals surface area contributed by atoms with Crippen LogP contribution in [0.15, 0.2) is 69.5 Å². The lowest BCUT2D eigenvalue weighted by Crippen LogP contribution is -2.44. The second kappa shape index (κ2) is 10.3. The Morgan fingerprint density at radius 3 is 1.97 bits per heavy atom. The van der Waals surface area contributed by atoms with Gasteiger partial charge in [-0.1, -0.05) is 58.0 Å². The number of Topliss-reactive ketones (excluding diaryl/α,β-unsaturated/α-hetero) is 2. The minimum Gasteiger partial charge on any atom is -0.493 e. The van der Waals surface area contributed by atoms with E-state index in [1.807, 2.05) is 42.5 Å². The van der Waals surface area contributed by atoms with Gasteiger partial charge in [-0.15, -0.1) is 0 Å². The van der Waals surface area contributed by atoms with E-state index in [1.165, 1.54) is 0 Å². The van der Waals surface area contributed by atoms with Crippen LogP contribution in [0.5, 0.6) is 11.5 Å². The van der Waals surface area contributed by atoms with Gasteiger partial charge in [0.25, 0.3) is 0 Å². The molecule has 0 fully saturated rings. The molecule has 1 heterocycles. The van der Waals surface area contributed by atoms with Gasteiger partial charge in [-0.25, -0.2) is 0 Å². The van der Waals surface area contributed by atoms with Gasteiger partial charge in [0.05, 0.1) is 11.6 Å². The Morgan fingerprint density at radius 2 is 1.46 bits per heavy atom. The third-order valence-corrected chi connectivity index (χ3v) is 8.74. The highest BCUT2D eigenvalue weighted by atomic mass is 79.9. The van der Waals surface area contributed by atoms with Gasteiger partial charge < -0.3 is 14.4 Å². The third kappa shape index (κ3) is 5.20. The molecular formula is C33H38BrNO4. The summed E-state index contributed by atoms with van der Waals surface area (Å²) in [7, 11) is 1.62. The second-order valence-corrected chi connectivity index (χ2v) is 13.4. The lowest BCUT2D eigenvalue weighted by molar-refractivity contribution is -0.119. The summed E-state index contributed by atoms with van der Waals surface area (Å²) in [5.74, 6) is 1.02. The van der Waals surface area contributed by atoms with Gasteiger partial charge >= 0.3 is 0 Å². The molecule has 3 aliphatic rings. The first-order chi connectivity index (χ1) is 18.4. The van der Waals surface area contributed by atoms with Gasteiger partial charge in [-0.3, -0.25) is 9.59 Å². The van der Waals surface area contributed by atoms with Crippen molar-refractivity contribution in [2.24, 2.45) is 10.8 Å². The normalized spacial score (nSPS) is 20.6. The van der Waals surface area contributed by atoms with Crippen molar-refractivity contribution in [1.82, 2.24) is 4.90 Å². The van der Waals surface area contributed by atoms with E-state index in [1.54, 1.807) is 7.11 Å². The average Bonchev–Trinajstić information content (AvgIpc) is 2.85. The van der Waals surface area contributed by atoms with Crippen LogP contribution in [0, 0.1) is 10.8 Å². The molecule has 0 bridgehead atoms. The van der Waals surface area contributed by atoms with E-state index in [4.69, 9.17) is 9.47 Å². The fraction of sp³-hybridized carbons (Fsp3) is 0.455. The first-order valence-corrected chi connectivity index (χ1v) is 14.6. The highest BCUT2D eigenvalue weighted by molar-refractivity contribution is 9.10. The zero-order chi connectivity index (χ0) is 28.1. The Bertz CT molecular complexity index is 1330. The highest BCUT2D eigenvalue weighted by Gasteiger charge is 2.48. The summed E-state index contributed by atoms with van der Waals surface area (Å²) < 4.78 is 12.7. The van der Waals surface area contributed by atoms with Crippen molar-refractivity contribution in [2.45, 2.75) is 72.8 Å². The van der Waals surface area contributed by atoms with Gasteiger partial charge in [0, 0.05) is 47.8 Å². The lowest BCUT2D eigenvalue weighted by Gasteiger charge is -2.49. The number of methoxy groups -OCH3 is 1. The molecule has 0 spiro atoms. The highest BCUT2D eigenvalue weighted by Crippen LogP contribution is 2.55. The number of nitrogens with zero attached hydrogens (tertiary/aromatic N) is 1. The number of carbonyl (C=O) groups is 2. The first-order valence-electron chi connectivity index (χ1n) is 13.8.